The van der Waals surface area contributed by atoms with E-state index in [-0.39, 0.29) is 5.56 Å². The van der Waals surface area contributed by atoms with Crippen LogP contribution in [0, 0.1) is 11.8 Å². The van der Waals surface area contributed by atoms with Gasteiger partial charge in [-0.3, -0.25) is 0 Å². The highest BCUT2D eigenvalue weighted by atomic mass is 16.4. The molecule has 0 radical (unpaired) electrons. The van der Waals surface area contributed by atoms with Crippen molar-refractivity contribution in [2.75, 3.05) is 18.0 Å². The third-order valence-corrected chi connectivity index (χ3v) is 3.86. The minimum atomic E-state index is -0.982. The maximum atomic E-state index is 11.5. The highest BCUT2D eigenvalue weighted by Crippen LogP contribution is 2.28. The monoisotopic (exact) mass is 307 g/mol. The lowest BCUT2D eigenvalue weighted by atomic mass is 10.1. The number of para-hydroxylation sites is 1. The highest BCUT2D eigenvalue weighted by molar-refractivity contribution is 5.96. The van der Waals surface area contributed by atoms with E-state index in [4.69, 9.17) is 0 Å². The van der Waals surface area contributed by atoms with E-state index in [0.717, 1.165) is 5.56 Å². The van der Waals surface area contributed by atoms with Gasteiger partial charge in [0.25, 0.3) is 0 Å². The molecule has 0 aromatic heterocycles. The molecule has 2 N–H and O–H groups in total. The molecule has 1 fully saturated rings. The van der Waals surface area contributed by atoms with Gasteiger partial charge in [-0.1, -0.05) is 36.1 Å². The average molecular weight is 307 g/mol. The van der Waals surface area contributed by atoms with Crippen LogP contribution >= 0.6 is 0 Å². The number of carboxylic acid groups (broad SMARTS) is 1. The Balaban J connectivity index is 2.05. The summed E-state index contributed by atoms with van der Waals surface area (Å²) in [6.07, 6.45) is 0.214. The number of carboxylic acids is 1. The summed E-state index contributed by atoms with van der Waals surface area (Å²) < 4.78 is 0. The summed E-state index contributed by atoms with van der Waals surface area (Å²) in [5, 5.41) is 19.2. The lowest BCUT2D eigenvalue weighted by Crippen LogP contribution is -2.24. The Bertz CT molecular complexity index is 774. The van der Waals surface area contributed by atoms with Crippen LogP contribution in [0.5, 0.6) is 0 Å². The molecule has 2 aromatic carbocycles. The normalized spacial score (nSPS) is 16.7. The van der Waals surface area contributed by atoms with Gasteiger partial charge in [-0.05, 0) is 30.7 Å². The Morgan fingerprint density at radius 3 is 2.52 bits per heavy atom. The predicted octanol–water partition coefficient (Wildman–Crippen LogP) is 2.36. The van der Waals surface area contributed by atoms with Crippen LogP contribution in [0.15, 0.2) is 48.5 Å². The van der Waals surface area contributed by atoms with Crippen LogP contribution in [0.25, 0.3) is 0 Å². The standard InChI is InChI=1S/C19H17NO3/c21-16-11-12-20(13-16)18-15(7-4-8-17(18)19(22)23)10-9-14-5-2-1-3-6-14/h1-8,16,21H,11-13H2,(H,22,23). The second-order valence-electron chi connectivity index (χ2n) is 5.51. The largest absolute Gasteiger partial charge is 0.478 e. The Morgan fingerprint density at radius 2 is 1.87 bits per heavy atom. The van der Waals surface area contributed by atoms with E-state index in [9.17, 15) is 15.0 Å². The van der Waals surface area contributed by atoms with Gasteiger partial charge in [-0.25, -0.2) is 4.79 Å². The zero-order valence-corrected chi connectivity index (χ0v) is 12.6. The minimum absolute atomic E-state index is 0.221. The first-order chi connectivity index (χ1) is 11.1. The Kier molecular flexibility index (Phi) is 4.31. The van der Waals surface area contributed by atoms with Gasteiger partial charge in [0.2, 0.25) is 0 Å². The molecule has 3 rings (SSSR count). The number of benzene rings is 2. The van der Waals surface area contributed by atoms with Gasteiger partial charge >= 0.3 is 5.97 Å². The molecule has 1 heterocycles. The van der Waals surface area contributed by atoms with Crippen LogP contribution in [0.3, 0.4) is 0 Å². The maximum absolute atomic E-state index is 11.5. The summed E-state index contributed by atoms with van der Waals surface area (Å²) in [5.41, 5.74) is 2.36. The van der Waals surface area contributed by atoms with Gasteiger partial charge in [-0.2, -0.15) is 0 Å². The third kappa shape index (κ3) is 3.36. The van der Waals surface area contributed by atoms with E-state index in [1.807, 2.05) is 41.3 Å². The van der Waals surface area contributed by atoms with Crippen molar-refractivity contribution in [2.24, 2.45) is 0 Å². The summed E-state index contributed by atoms with van der Waals surface area (Å²) in [5.74, 6) is 5.17. The summed E-state index contributed by atoms with van der Waals surface area (Å²) in [7, 11) is 0. The molecule has 0 aliphatic carbocycles. The number of carbonyl (C=O) groups is 1. The first-order valence-electron chi connectivity index (χ1n) is 7.51. The SMILES string of the molecule is O=C(O)c1cccc(C#Cc2ccccc2)c1N1CCC(O)C1. The number of hydrogen-bond acceptors (Lipinski definition) is 3. The Hall–Kier alpha value is -2.77. The number of rotatable bonds is 2. The molecule has 1 atom stereocenters. The molecule has 0 bridgehead atoms. The number of aliphatic hydroxyl groups is 1. The van der Waals surface area contributed by atoms with Crippen molar-refractivity contribution in [3.05, 3.63) is 65.2 Å². The fourth-order valence-electron chi connectivity index (χ4n) is 2.76. The smallest absolute Gasteiger partial charge is 0.337 e. The average Bonchev–Trinajstić information content (AvgIpc) is 2.99. The second-order valence-corrected chi connectivity index (χ2v) is 5.51. The van der Waals surface area contributed by atoms with Crippen molar-refractivity contribution < 1.29 is 15.0 Å². The molecule has 4 heteroatoms. The van der Waals surface area contributed by atoms with Crippen LogP contribution in [-0.2, 0) is 0 Å². The first kappa shape index (κ1) is 15.1. The number of nitrogens with zero attached hydrogens (tertiary/aromatic N) is 1. The molecule has 0 saturated carbocycles. The fraction of sp³-hybridized carbons (Fsp3) is 0.211. The molecule has 1 unspecified atom stereocenters. The van der Waals surface area contributed by atoms with E-state index in [1.54, 1.807) is 12.1 Å². The zero-order chi connectivity index (χ0) is 16.2. The number of β-amino-alcohol motifs (C(OH)–C–C–N with tert-alkyl or cyclic N) is 1. The molecule has 1 saturated heterocycles. The van der Waals surface area contributed by atoms with E-state index in [1.165, 1.54) is 0 Å². The summed E-state index contributed by atoms with van der Waals surface area (Å²) in [6.45, 7) is 1.07. The van der Waals surface area contributed by atoms with Gasteiger partial charge < -0.3 is 15.1 Å². The zero-order valence-electron chi connectivity index (χ0n) is 12.6. The van der Waals surface area contributed by atoms with Crippen LogP contribution in [0.2, 0.25) is 0 Å². The van der Waals surface area contributed by atoms with Gasteiger partial charge in [0.05, 0.1) is 17.4 Å². The van der Waals surface area contributed by atoms with Crippen molar-refractivity contribution >= 4 is 11.7 Å². The summed E-state index contributed by atoms with van der Waals surface area (Å²) in [4.78, 5) is 13.5. The Morgan fingerprint density at radius 1 is 1.09 bits per heavy atom. The van der Waals surface area contributed by atoms with Crippen molar-refractivity contribution in [2.45, 2.75) is 12.5 Å². The lowest BCUT2D eigenvalue weighted by molar-refractivity contribution is 0.0697. The predicted molar refractivity (Wildman–Crippen MR) is 88.7 cm³/mol. The quantitative estimate of drug-likeness (QED) is 0.836. The van der Waals surface area contributed by atoms with Crippen molar-refractivity contribution in [1.29, 1.82) is 0 Å². The first-order valence-corrected chi connectivity index (χ1v) is 7.51. The van der Waals surface area contributed by atoms with Crippen molar-refractivity contribution in [3.63, 3.8) is 0 Å². The Labute approximate surface area is 135 Å². The number of aromatic carboxylic acids is 1. The van der Waals surface area contributed by atoms with Crippen LogP contribution in [0.1, 0.15) is 27.9 Å². The molecule has 4 nitrogen and oxygen atoms in total. The molecule has 1 aliphatic heterocycles. The number of hydrogen-bond donors (Lipinski definition) is 2. The van der Waals surface area contributed by atoms with Crippen molar-refractivity contribution in [3.8, 4) is 11.8 Å². The molecular weight excluding hydrogens is 290 g/mol. The van der Waals surface area contributed by atoms with Crippen LogP contribution in [-0.4, -0.2) is 35.4 Å². The molecule has 1 aliphatic rings. The van der Waals surface area contributed by atoms with E-state index in [0.29, 0.717) is 30.8 Å². The molecule has 23 heavy (non-hydrogen) atoms. The summed E-state index contributed by atoms with van der Waals surface area (Å²) >= 11 is 0. The molecule has 0 amide bonds. The second kappa shape index (κ2) is 6.55. The fourth-order valence-corrected chi connectivity index (χ4v) is 2.76. The maximum Gasteiger partial charge on any atom is 0.337 e. The molecule has 0 spiro atoms. The van der Waals surface area contributed by atoms with E-state index < -0.39 is 12.1 Å². The topological polar surface area (TPSA) is 60.8 Å². The van der Waals surface area contributed by atoms with Crippen molar-refractivity contribution in [1.82, 2.24) is 0 Å². The van der Waals surface area contributed by atoms with Gasteiger partial charge in [0.1, 0.15) is 0 Å². The third-order valence-electron chi connectivity index (χ3n) is 3.86. The van der Waals surface area contributed by atoms with E-state index in [2.05, 4.69) is 11.8 Å². The molecule has 116 valence electrons. The van der Waals surface area contributed by atoms with Gasteiger partial charge in [0, 0.05) is 24.2 Å². The lowest BCUT2D eigenvalue weighted by Gasteiger charge is -2.21. The number of aliphatic hydroxyl groups excluding tert-OH is 1. The minimum Gasteiger partial charge on any atom is -0.478 e. The highest BCUT2D eigenvalue weighted by Gasteiger charge is 2.26. The van der Waals surface area contributed by atoms with Gasteiger partial charge in [0.15, 0.2) is 0 Å². The number of anilines is 1. The molecule has 2 aromatic rings. The van der Waals surface area contributed by atoms with E-state index >= 15 is 0 Å². The van der Waals surface area contributed by atoms with Crippen LogP contribution in [0.4, 0.5) is 5.69 Å². The van der Waals surface area contributed by atoms with Crippen LogP contribution < -0.4 is 4.90 Å². The van der Waals surface area contributed by atoms with Gasteiger partial charge in [-0.15, -0.1) is 0 Å². The summed E-state index contributed by atoms with van der Waals surface area (Å²) in [6, 6.07) is 14.7. The molecular formula is C19H17NO3.